The van der Waals surface area contributed by atoms with E-state index in [-0.39, 0.29) is 23.4 Å². The molecule has 0 N–H and O–H groups in total. The van der Waals surface area contributed by atoms with Gasteiger partial charge in [-0.25, -0.2) is 14.0 Å². The number of ether oxygens (including phenoxy) is 2. The first kappa shape index (κ1) is 28.9. The second kappa shape index (κ2) is 10.0. The second-order valence-corrected chi connectivity index (χ2v) is 13.6. The summed E-state index contributed by atoms with van der Waals surface area (Å²) in [4.78, 5) is 27.3. The van der Waals surface area contributed by atoms with E-state index in [2.05, 4.69) is 4.57 Å². The third-order valence-electron chi connectivity index (χ3n) is 8.69. The molecule has 2 aliphatic heterocycles. The highest BCUT2D eigenvalue weighted by Gasteiger charge is 2.53. The summed E-state index contributed by atoms with van der Waals surface area (Å²) in [5.41, 5.74) is 0.262. The maximum absolute atomic E-state index is 16.7. The van der Waals surface area contributed by atoms with Crippen LogP contribution in [-0.2, 0) is 25.3 Å². The predicted molar refractivity (Wildman–Crippen MR) is 151 cm³/mol. The first-order valence-corrected chi connectivity index (χ1v) is 14.4. The van der Waals surface area contributed by atoms with Crippen molar-refractivity contribution < 1.29 is 32.8 Å². The van der Waals surface area contributed by atoms with Gasteiger partial charge < -0.3 is 28.2 Å². The molecule has 218 valence electrons. The lowest BCUT2D eigenvalue weighted by molar-refractivity contribution is 0.00578. The molecule has 0 unspecified atom stereocenters. The van der Waals surface area contributed by atoms with Crippen LogP contribution in [0.4, 0.5) is 9.18 Å². The van der Waals surface area contributed by atoms with Crippen LogP contribution in [0.2, 0.25) is 0 Å². The number of aromatic nitrogens is 1. The molecular formula is C30H42BFN2O6. The Labute approximate surface area is 236 Å². The Morgan fingerprint density at radius 1 is 1.10 bits per heavy atom. The number of benzene rings is 1. The number of carbonyl (C=O) groups excluding carboxylic acids is 2. The zero-order chi connectivity index (χ0) is 29.2. The summed E-state index contributed by atoms with van der Waals surface area (Å²) in [6.45, 7) is 15.0. The maximum atomic E-state index is 16.7. The van der Waals surface area contributed by atoms with Crippen molar-refractivity contribution in [2.75, 3.05) is 20.2 Å². The van der Waals surface area contributed by atoms with Gasteiger partial charge in [-0.05, 0) is 92.2 Å². The number of amides is 1. The maximum Gasteiger partial charge on any atom is 0.497 e. The number of rotatable bonds is 5. The van der Waals surface area contributed by atoms with Gasteiger partial charge in [-0.1, -0.05) is 0 Å². The molecule has 1 atom stereocenters. The molecule has 1 aliphatic carbocycles. The van der Waals surface area contributed by atoms with Crippen LogP contribution in [0.15, 0.2) is 12.1 Å². The van der Waals surface area contributed by atoms with Crippen LogP contribution in [0, 0.1) is 11.7 Å². The molecule has 3 heterocycles. The lowest BCUT2D eigenvalue weighted by Gasteiger charge is -2.34. The molecule has 0 spiro atoms. The van der Waals surface area contributed by atoms with Crippen molar-refractivity contribution in [1.82, 2.24) is 9.47 Å². The molecule has 40 heavy (non-hydrogen) atoms. The molecule has 1 amide bonds. The molecule has 2 aromatic rings. The molecule has 0 bridgehead atoms. The third kappa shape index (κ3) is 5.37. The number of esters is 1. The van der Waals surface area contributed by atoms with Gasteiger partial charge in [0.2, 0.25) is 0 Å². The van der Waals surface area contributed by atoms with Crippen LogP contribution in [0.3, 0.4) is 0 Å². The number of fused-ring (bicyclic) bond motifs is 1. The summed E-state index contributed by atoms with van der Waals surface area (Å²) >= 11 is 0. The molecule has 10 heteroatoms. The average Bonchev–Trinajstić information content (AvgIpc) is 3.60. The third-order valence-corrected chi connectivity index (χ3v) is 8.69. The largest absolute Gasteiger partial charge is 0.497 e. The van der Waals surface area contributed by atoms with E-state index in [1.807, 2.05) is 48.5 Å². The van der Waals surface area contributed by atoms with Gasteiger partial charge in [0.25, 0.3) is 0 Å². The quantitative estimate of drug-likeness (QED) is 0.363. The molecule has 1 aromatic heterocycles. The molecule has 3 aliphatic rings. The predicted octanol–water partition coefficient (Wildman–Crippen LogP) is 5.39. The van der Waals surface area contributed by atoms with Gasteiger partial charge in [0, 0.05) is 36.4 Å². The highest BCUT2D eigenvalue weighted by Crippen LogP contribution is 2.41. The van der Waals surface area contributed by atoms with Crippen LogP contribution in [-0.4, -0.2) is 65.7 Å². The van der Waals surface area contributed by atoms with Crippen LogP contribution >= 0.6 is 0 Å². The second-order valence-electron chi connectivity index (χ2n) is 13.6. The average molecular weight is 556 g/mol. The van der Waals surface area contributed by atoms with E-state index in [0.29, 0.717) is 47.6 Å². The van der Waals surface area contributed by atoms with Crippen LogP contribution in [0.25, 0.3) is 10.9 Å². The van der Waals surface area contributed by atoms with Crippen LogP contribution in [0.1, 0.15) is 96.1 Å². The summed E-state index contributed by atoms with van der Waals surface area (Å²) in [5, 5.41) is 0.345. The first-order valence-electron chi connectivity index (χ1n) is 14.4. The van der Waals surface area contributed by atoms with E-state index in [1.54, 1.807) is 17.0 Å². The smallest absolute Gasteiger partial charge is 0.465 e. The molecule has 3 fully saturated rings. The minimum atomic E-state index is -0.790. The lowest BCUT2D eigenvalue weighted by Crippen LogP contribution is -2.42. The Morgan fingerprint density at radius 3 is 2.33 bits per heavy atom. The highest BCUT2D eigenvalue weighted by atomic mass is 19.1. The van der Waals surface area contributed by atoms with Crippen molar-refractivity contribution in [1.29, 1.82) is 0 Å². The Bertz CT molecular complexity index is 1310. The fourth-order valence-electron chi connectivity index (χ4n) is 5.73. The normalized spacial score (nSPS) is 22.6. The van der Waals surface area contributed by atoms with E-state index < -0.39 is 29.9 Å². The van der Waals surface area contributed by atoms with E-state index in [9.17, 15) is 9.59 Å². The van der Waals surface area contributed by atoms with Crippen molar-refractivity contribution in [2.45, 2.75) is 103 Å². The number of hydrogen-bond acceptors (Lipinski definition) is 6. The molecule has 5 rings (SSSR count). The summed E-state index contributed by atoms with van der Waals surface area (Å²) in [6, 6.07) is 3.30. The summed E-state index contributed by atoms with van der Waals surface area (Å²) in [5.74, 6) is -0.689. The summed E-state index contributed by atoms with van der Waals surface area (Å²) < 4.78 is 42.2. The Hall–Kier alpha value is -2.59. The van der Waals surface area contributed by atoms with Gasteiger partial charge in [-0.3, -0.25) is 0 Å². The fraction of sp³-hybridized carbons (Fsp3) is 0.667. The van der Waals surface area contributed by atoms with Gasteiger partial charge in [0.1, 0.15) is 5.60 Å². The molecule has 1 aromatic carbocycles. The van der Waals surface area contributed by atoms with Gasteiger partial charge in [-0.2, -0.15) is 0 Å². The number of likely N-dealkylation sites (tertiary alicyclic amines) is 1. The van der Waals surface area contributed by atoms with Crippen molar-refractivity contribution >= 4 is 35.5 Å². The minimum absolute atomic E-state index is 0.222. The summed E-state index contributed by atoms with van der Waals surface area (Å²) in [6.07, 6.45) is 3.27. The van der Waals surface area contributed by atoms with E-state index in [1.165, 1.54) is 7.11 Å². The van der Waals surface area contributed by atoms with E-state index >= 15 is 4.39 Å². The standard InChI is InChI=1S/C30H42BFN2O6/c1-28(2,3)38-27(36)33-13-9-10-19(17-33)24-23(32)21-14-20(26(35)37-8)15-22(25(21)34(24)16-18-11-12-18)31-39-29(4,5)30(6,7)40-31/h14-15,18-19H,9-13,16-17H2,1-8H3/t19-/m0/s1. The highest BCUT2D eigenvalue weighted by molar-refractivity contribution is 6.65. The van der Waals surface area contributed by atoms with Crippen molar-refractivity contribution in [3.63, 3.8) is 0 Å². The number of nitrogens with zero attached hydrogens (tertiary/aromatic N) is 2. The Balaban J connectivity index is 1.65. The number of carbonyl (C=O) groups is 2. The molecular weight excluding hydrogens is 514 g/mol. The van der Waals surface area contributed by atoms with Crippen molar-refractivity contribution in [3.8, 4) is 0 Å². The van der Waals surface area contributed by atoms with Gasteiger partial charge >= 0.3 is 19.2 Å². The monoisotopic (exact) mass is 556 g/mol. The van der Waals surface area contributed by atoms with Gasteiger partial charge in [0.15, 0.2) is 5.82 Å². The van der Waals surface area contributed by atoms with Crippen molar-refractivity contribution in [2.24, 2.45) is 5.92 Å². The molecule has 8 nitrogen and oxygen atoms in total. The number of halogens is 1. The topological polar surface area (TPSA) is 79.2 Å². The minimum Gasteiger partial charge on any atom is -0.465 e. The zero-order valence-corrected chi connectivity index (χ0v) is 25.1. The number of hydrogen-bond donors (Lipinski definition) is 0. The van der Waals surface area contributed by atoms with Crippen LogP contribution < -0.4 is 5.46 Å². The van der Waals surface area contributed by atoms with Gasteiger partial charge in [0.05, 0.1) is 35.1 Å². The first-order chi connectivity index (χ1) is 18.6. The zero-order valence-electron chi connectivity index (χ0n) is 25.1. The van der Waals surface area contributed by atoms with E-state index in [0.717, 1.165) is 25.7 Å². The Morgan fingerprint density at radius 2 is 1.75 bits per heavy atom. The molecule has 1 saturated carbocycles. The van der Waals surface area contributed by atoms with Crippen LogP contribution in [0.5, 0.6) is 0 Å². The van der Waals surface area contributed by atoms with Crippen molar-refractivity contribution in [3.05, 3.63) is 29.2 Å². The SMILES string of the molecule is COC(=O)c1cc(B2OC(C)(C)C(C)(C)O2)c2c(c1)c(F)c([C@H]1CCCN(C(=O)OC(C)(C)C)C1)n2CC1CC1. The summed E-state index contributed by atoms with van der Waals surface area (Å²) in [7, 11) is 0.524. The lowest BCUT2D eigenvalue weighted by atomic mass is 9.77. The Kier molecular flexibility index (Phi) is 7.27. The van der Waals surface area contributed by atoms with Gasteiger partial charge in [-0.15, -0.1) is 0 Å². The van der Waals surface area contributed by atoms with E-state index in [4.69, 9.17) is 18.8 Å². The number of piperidine rings is 1. The molecule has 0 radical (unpaired) electrons. The number of methoxy groups -OCH3 is 1. The molecule has 2 saturated heterocycles. The fourth-order valence-corrected chi connectivity index (χ4v) is 5.73.